The summed E-state index contributed by atoms with van der Waals surface area (Å²) in [6.07, 6.45) is 4.92. The minimum absolute atomic E-state index is 0.263. The van der Waals surface area contributed by atoms with Crippen LogP contribution in [-0.4, -0.2) is 40.3 Å². The minimum Gasteiger partial charge on any atom is -0.384 e. The average Bonchev–Trinajstić information content (AvgIpc) is 2.79. The molecule has 0 saturated carbocycles. The molecular weight excluding hydrogens is 449 g/mol. The monoisotopic (exact) mass is 477 g/mol. The van der Waals surface area contributed by atoms with Gasteiger partial charge in [0.25, 0.3) is 0 Å². The maximum absolute atomic E-state index is 13.5. The summed E-state index contributed by atoms with van der Waals surface area (Å²) in [7, 11) is 0. The average molecular weight is 478 g/mol. The highest BCUT2D eigenvalue weighted by atomic mass is 35.5. The third kappa shape index (κ3) is 5.52. The number of nitrogens with two attached hydrogens (primary N) is 2. The molecule has 1 aromatic heterocycles. The van der Waals surface area contributed by atoms with Crippen LogP contribution in [0.15, 0.2) is 36.5 Å². The first-order chi connectivity index (χ1) is 15.2. The lowest BCUT2D eigenvalue weighted by atomic mass is 9.77. The van der Waals surface area contributed by atoms with E-state index in [1.807, 2.05) is 11.0 Å². The number of primary amides is 1. The van der Waals surface area contributed by atoms with Crippen molar-refractivity contribution in [2.24, 2.45) is 11.7 Å². The van der Waals surface area contributed by atoms with Crippen molar-refractivity contribution in [3.05, 3.63) is 57.7 Å². The molecule has 0 aliphatic carbocycles. The van der Waals surface area contributed by atoms with Crippen molar-refractivity contribution in [1.29, 1.82) is 0 Å². The van der Waals surface area contributed by atoms with Gasteiger partial charge in [0.15, 0.2) is 0 Å². The summed E-state index contributed by atoms with van der Waals surface area (Å²) in [5.41, 5.74) is 12.0. The summed E-state index contributed by atoms with van der Waals surface area (Å²) in [4.78, 5) is 32.4. The van der Waals surface area contributed by atoms with E-state index in [1.54, 1.807) is 37.4 Å². The first-order valence-electron chi connectivity index (χ1n) is 10.7. The third-order valence-electron chi connectivity index (χ3n) is 6.25. The van der Waals surface area contributed by atoms with E-state index in [9.17, 15) is 9.59 Å². The molecule has 0 spiro atoms. The molecule has 32 heavy (non-hydrogen) atoms. The Labute approximate surface area is 198 Å². The van der Waals surface area contributed by atoms with E-state index in [-0.39, 0.29) is 12.5 Å². The molecule has 2 amide bonds. The number of likely N-dealkylation sites (tertiary alicyclic amines) is 1. The number of benzene rings is 1. The van der Waals surface area contributed by atoms with Crippen LogP contribution in [0, 0.1) is 5.92 Å². The zero-order valence-corrected chi connectivity index (χ0v) is 19.6. The van der Waals surface area contributed by atoms with Crippen molar-refractivity contribution in [2.75, 3.05) is 18.8 Å². The second-order valence-electron chi connectivity index (χ2n) is 8.37. The van der Waals surface area contributed by atoms with Crippen molar-refractivity contribution in [3.8, 4) is 0 Å². The molecule has 1 saturated heterocycles. The molecule has 1 unspecified atom stereocenters. The van der Waals surface area contributed by atoms with Gasteiger partial charge < -0.3 is 16.8 Å². The van der Waals surface area contributed by atoms with E-state index in [0.29, 0.717) is 35.4 Å². The molecule has 1 aromatic carbocycles. The summed E-state index contributed by atoms with van der Waals surface area (Å²) in [6.45, 7) is 3.46. The van der Waals surface area contributed by atoms with Crippen molar-refractivity contribution in [3.63, 3.8) is 0 Å². The number of hydrogen-bond donors (Lipinski definition) is 3. The zero-order chi connectivity index (χ0) is 23.3. The number of anilines is 1. The van der Waals surface area contributed by atoms with Crippen LogP contribution < -0.4 is 16.8 Å². The maximum Gasteiger partial charge on any atom is 0.238 e. The molecule has 1 fully saturated rings. The molecule has 172 valence electrons. The van der Waals surface area contributed by atoms with Gasteiger partial charge in [-0.15, -0.1) is 0 Å². The molecule has 0 radical (unpaired) electrons. The van der Waals surface area contributed by atoms with E-state index < -0.39 is 17.4 Å². The van der Waals surface area contributed by atoms with Gasteiger partial charge in [-0.25, -0.2) is 4.98 Å². The molecule has 1 aliphatic heterocycles. The van der Waals surface area contributed by atoms with E-state index in [0.717, 1.165) is 30.4 Å². The number of carbonyl (C=O) groups excluding carboxylic acids is 2. The number of hydrogen-bond acceptors (Lipinski definition) is 5. The Hall–Kier alpha value is -2.35. The number of nitrogens with one attached hydrogen (secondary N) is 1. The largest absolute Gasteiger partial charge is 0.384 e. The van der Waals surface area contributed by atoms with Gasteiger partial charge in [0.05, 0.1) is 16.0 Å². The van der Waals surface area contributed by atoms with Gasteiger partial charge in [0, 0.05) is 12.7 Å². The van der Waals surface area contributed by atoms with Crippen molar-refractivity contribution in [1.82, 2.24) is 15.2 Å². The van der Waals surface area contributed by atoms with E-state index >= 15 is 0 Å². The van der Waals surface area contributed by atoms with Crippen LogP contribution in [0.4, 0.5) is 5.82 Å². The first kappa shape index (κ1) is 24.3. The van der Waals surface area contributed by atoms with Crippen LogP contribution in [0.2, 0.25) is 10.0 Å². The van der Waals surface area contributed by atoms with Crippen molar-refractivity contribution in [2.45, 2.75) is 44.7 Å². The molecule has 1 aliphatic rings. The summed E-state index contributed by atoms with van der Waals surface area (Å²) in [5.74, 6) is -1.10. The SMILES string of the molecule is CC(C(N)=O)([C@H](Cc1ccc(Cl)c(Cl)c1)C(=O)NCc1ccc(N)nc1)N1CCCCC1. The molecule has 2 heterocycles. The number of carbonyl (C=O) groups is 2. The third-order valence-corrected chi connectivity index (χ3v) is 6.98. The number of rotatable bonds is 8. The number of pyridine rings is 1. The fourth-order valence-corrected chi connectivity index (χ4v) is 4.53. The Kier molecular flexibility index (Phi) is 7.98. The Morgan fingerprint density at radius 1 is 1.12 bits per heavy atom. The Balaban J connectivity index is 1.90. The Bertz CT molecular complexity index is 963. The zero-order valence-electron chi connectivity index (χ0n) is 18.1. The number of nitrogens with zero attached hydrogens (tertiary/aromatic N) is 2. The molecule has 3 rings (SSSR count). The van der Waals surface area contributed by atoms with Crippen LogP contribution >= 0.6 is 23.2 Å². The lowest BCUT2D eigenvalue weighted by Crippen LogP contribution is -2.64. The number of halogens is 2. The Morgan fingerprint density at radius 3 is 2.41 bits per heavy atom. The Morgan fingerprint density at radius 2 is 1.81 bits per heavy atom. The quantitative estimate of drug-likeness (QED) is 0.539. The van der Waals surface area contributed by atoms with Crippen LogP contribution in [0.25, 0.3) is 0 Å². The van der Waals surface area contributed by atoms with E-state index in [4.69, 9.17) is 34.7 Å². The van der Waals surface area contributed by atoms with Gasteiger partial charge in [0.1, 0.15) is 11.4 Å². The van der Waals surface area contributed by atoms with E-state index in [1.165, 1.54) is 0 Å². The highest BCUT2D eigenvalue weighted by Gasteiger charge is 2.48. The van der Waals surface area contributed by atoms with Crippen molar-refractivity contribution >= 4 is 40.8 Å². The lowest BCUT2D eigenvalue weighted by Gasteiger charge is -2.45. The van der Waals surface area contributed by atoms with Crippen molar-refractivity contribution < 1.29 is 9.59 Å². The van der Waals surface area contributed by atoms with Gasteiger partial charge in [-0.1, -0.05) is 41.8 Å². The predicted molar refractivity (Wildman–Crippen MR) is 127 cm³/mol. The molecule has 9 heteroatoms. The summed E-state index contributed by atoms with van der Waals surface area (Å²) < 4.78 is 0. The fraction of sp³-hybridized carbons (Fsp3) is 0.435. The van der Waals surface area contributed by atoms with Gasteiger partial charge in [-0.2, -0.15) is 0 Å². The smallest absolute Gasteiger partial charge is 0.238 e. The highest BCUT2D eigenvalue weighted by Crippen LogP contribution is 2.33. The van der Waals surface area contributed by atoms with Gasteiger partial charge >= 0.3 is 0 Å². The topological polar surface area (TPSA) is 114 Å². The highest BCUT2D eigenvalue weighted by molar-refractivity contribution is 6.42. The normalized spacial score (nSPS) is 17.3. The minimum atomic E-state index is -1.16. The molecule has 0 bridgehead atoms. The summed E-state index contributed by atoms with van der Waals surface area (Å²) in [6, 6.07) is 8.71. The van der Waals surface area contributed by atoms with Crippen LogP contribution in [0.5, 0.6) is 0 Å². The second-order valence-corrected chi connectivity index (χ2v) is 9.19. The molecule has 5 N–H and O–H groups in total. The van der Waals surface area contributed by atoms with Crippen LogP contribution in [0.1, 0.15) is 37.3 Å². The van der Waals surface area contributed by atoms with Gasteiger partial charge in [-0.05, 0) is 68.6 Å². The predicted octanol–water partition coefficient (Wildman–Crippen LogP) is 3.18. The van der Waals surface area contributed by atoms with Crippen LogP contribution in [-0.2, 0) is 22.6 Å². The molecular formula is C23H29Cl2N5O2. The summed E-state index contributed by atoms with van der Waals surface area (Å²) in [5, 5.41) is 3.78. The van der Waals surface area contributed by atoms with E-state index in [2.05, 4.69) is 10.3 Å². The second kappa shape index (κ2) is 10.5. The number of piperidine rings is 1. The number of aromatic nitrogens is 1. The lowest BCUT2D eigenvalue weighted by molar-refractivity contribution is -0.143. The summed E-state index contributed by atoms with van der Waals surface area (Å²) >= 11 is 12.3. The van der Waals surface area contributed by atoms with Gasteiger partial charge in [0.2, 0.25) is 11.8 Å². The maximum atomic E-state index is 13.5. The number of amides is 2. The fourth-order valence-electron chi connectivity index (χ4n) is 4.21. The van der Waals surface area contributed by atoms with Gasteiger partial charge in [-0.3, -0.25) is 14.5 Å². The number of nitrogen functional groups attached to an aromatic ring is 1. The first-order valence-corrected chi connectivity index (χ1v) is 11.4. The molecule has 2 atom stereocenters. The standard InChI is InChI=1S/C23H29Cl2N5O2/c1-23(22(27)32,30-9-3-2-4-10-30)17(11-15-5-7-18(24)19(25)12-15)21(31)29-14-16-6-8-20(26)28-13-16/h5-8,12-13,17H,2-4,9-11,14H2,1H3,(H2,26,28)(H2,27,32)(H,29,31)/t17-,23?/m1/s1. The molecule has 2 aromatic rings. The van der Waals surface area contributed by atoms with Crippen LogP contribution in [0.3, 0.4) is 0 Å². The molecule has 7 nitrogen and oxygen atoms in total.